The summed E-state index contributed by atoms with van der Waals surface area (Å²) in [5.74, 6) is 0.866. The van der Waals surface area contributed by atoms with Crippen molar-refractivity contribution in [3.05, 3.63) is 40.7 Å². The Labute approximate surface area is 105 Å². The van der Waals surface area contributed by atoms with Crippen LogP contribution in [0.4, 0.5) is 0 Å². The van der Waals surface area contributed by atoms with Crippen LogP contribution in [0, 0.1) is 0 Å². The van der Waals surface area contributed by atoms with E-state index in [1.165, 1.54) is 0 Å². The molecule has 0 aliphatic heterocycles. The zero-order valence-corrected chi connectivity index (χ0v) is 10.1. The molecule has 0 aliphatic rings. The molecule has 0 unspecified atom stereocenters. The molecular weight excluding hydrogens is 238 g/mol. The van der Waals surface area contributed by atoms with Crippen molar-refractivity contribution in [2.75, 3.05) is 6.54 Å². The van der Waals surface area contributed by atoms with Crippen molar-refractivity contribution in [1.82, 2.24) is 20.2 Å². The van der Waals surface area contributed by atoms with E-state index >= 15 is 0 Å². The first-order chi connectivity index (χ1) is 8.29. The van der Waals surface area contributed by atoms with Crippen LogP contribution >= 0.6 is 11.6 Å². The molecule has 17 heavy (non-hydrogen) atoms. The fraction of sp³-hybridized carbons (Fsp3) is 0.364. The average molecular weight is 252 g/mol. The molecule has 0 saturated carbocycles. The molecule has 0 bridgehead atoms. The summed E-state index contributed by atoms with van der Waals surface area (Å²) in [6.07, 6.45) is 1.69. The summed E-state index contributed by atoms with van der Waals surface area (Å²) in [5.41, 5.74) is 6.59. The molecule has 1 aromatic heterocycles. The van der Waals surface area contributed by atoms with Gasteiger partial charge in [-0.05, 0) is 41.1 Å². The fourth-order valence-corrected chi connectivity index (χ4v) is 1.67. The zero-order valence-electron chi connectivity index (χ0n) is 9.38. The molecule has 0 fully saturated rings. The smallest absolute Gasteiger partial charge is 0.151 e. The highest BCUT2D eigenvalue weighted by atomic mass is 35.5. The molecule has 2 rings (SSSR count). The summed E-state index contributed by atoms with van der Waals surface area (Å²) in [5, 5.41) is 12.4. The van der Waals surface area contributed by atoms with E-state index in [1.54, 1.807) is 4.68 Å². The molecule has 0 saturated heterocycles. The van der Waals surface area contributed by atoms with E-state index < -0.39 is 0 Å². The number of halogens is 1. The Morgan fingerprint density at radius 1 is 1.24 bits per heavy atom. The van der Waals surface area contributed by atoms with Gasteiger partial charge >= 0.3 is 0 Å². The number of aryl methyl sites for hydroxylation is 1. The summed E-state index contributed by atoms with van der Waals surface area (Å²) in [6, 6.07) is 7.66. The van der Waals surface area contributed by atoms with E-state index in [9.17, 15) is 0 Å². The van der Waals surface area contributed by atoms with Gasteiger partial charge < -0.3 is 5.73 Å². The second kappa shape index (κ2) is 5.75. The van der Waals surface area contributed by atoms with Crippen LogP contribution in [0.3, 0.4) is 0 Å². The van der Waals surface area contributed by atoms with Gasteiger partial charge in [-0.2, -0.15) is 0 Å². The number of hydrogen-bond donors (Lipinski definition) is 1. The normalized spacial score (nSPS) is 10.7. The van der Waals surface area contributed by atoms with E-state index in [-0.39, 0.29) is 0 Å². The summed E-state index contributed by atoms with van der Waals surface area (Å²) in [4.78, 5) is 0. The van der Waals surface area contributed by atoms with Crippen molar-refractivity contribution in [2.45, 2.75) is 19.4 Å². The molecular formula is C11H14ClN5. The number of aromatic nitrogens is 4. The first-order valence-electron chi connectivity index (χ1n) is 5.49. The summed E-state index contributed by atoms with van der Waals surface area (Å²) in [7, 11) is 0. The highest BCUT2D eigenvalue weighted by Crippen LogP contribution is 2.11. The van der Waals surface area contributed by atoms with E-state index in [4.69, 9.17) is 17.3 Å². The molecule has 0 spiro atoms. The Morgan fingerprint density at radius 2 is 2.00 bits per heavy atom. The topological polar surface area (TPSA) is 69.6 Å². The lowest BCUT2D eigenvalue weighted by Gasteiger charge is -2.04. The minimum atomic E-state index is 0.647. The Hall–Kier alpha value is -1.46. The van der Waals surface area contributed by atoms with Crippen LogP contribution in [0.2, 0.25) is 5.02 Å². The zero-order chi connectivity index (χ0) is 12.1. The van der Waals surface area contributed by atoms with Gasteiger partial charge in [-0.25, -0.2) is 4.68 Å². The maximum Gasteiger partial charge on any atom is 0.151 e. The Balaban J connectivity index is 2.07. The third-order valence-electron chi connectivity index (χ3n) is 2.46. The van der Waals surface area contributed by atoms with Gasteiger partial charge in [0.15, 0.2) is 5.82 Å². The number of hydrogen-bond acceptors (Lipinski definition) is 4. The second-order valence-electron chi connectivity index (χ2n) is 3.77. The van der Waals surface area contributed by atoms with E-state index in [0.29, 0.717) is 13.1 Å². The summed E-state index contributed by atoms with van der Waals surface area (Å²) >= 11 is 5.83. The summed E-state index contributed by atoms with van der Waals surface area (Å²) in [6.45, 7) is 1.30. The maximum absolute atomic E-state index is 5.83. The molecule has 1 heterocycles. The van der Waals surface area contributed by atoms with Gasteiger partial charge in [-0.3, -0.25) is 0 Å². The number of nitrogens with two attached hydrogens (primary N) is 1. The minimum Gasteiger partial charge on any atom is -0.330 e. The lowest BCUT2D eigenvalue weighted by Crippen LogP contribution is -2.09. The van der Waals surface area contributed by atoms with Crippen LogP contribution in [0.1, 0.15) is 17.8 Å². The van der Waals surface area contributed by atoms with Crippen LogP contribution in [0.15, 0.2) is 24.3 Å². The predicted octanol–water partition coefficient (Wildman–Crippen LogP) is 1.27. The monoisotopic (exact) mass is 251 g/mol. The van der Waals surface area contributed by atoms with Crippen molar-refractivity contribution in [1.29, 1.82) is 0 Å². The molecule has 0 atom stereocenters. The van der Waals surface area contributed by atoms with Crippen molar-refractivity contribution >= 4 is 11.6 Å². The van der Waals surface area contributed by atoms with Crippen LogP contribution in [-0.4, -0.2) is 26.8 Å². The number of tetrazole rings is 1. The fourth-order valence-electron chi connectivity index (χ4n) is 1.55. The van der Waals surface area contributed by atoms with Gasteiger partial charge in [0, 0.05) is 11.4 Å². The SMILES string of the molecule is NCCCc1nnnn1Cc1ccc(Cl)cc1. The Kier molecular flexibility index (Phi) is 4.06. The van der Waals surface area contributed by atoms with Crippen LogP contribution in [0.5, 0.6) is 0 Å². The lowest BCUT2D eigenvalue weighted by molar-refractivity contribution is 0.609. The van der Waals surface area contributed by atoms with Gasteiger partial charge in [0.25, 0.3) is 0 Å². The van der Waals surface area contributed by atoms with Crippen LogP contribution in [0.25, 0.3) is 0 Å². The highest BCUT2D eigenvalue weighted by molar-refractivity contribution is 6.30. The first kappa shape index (κ1) is 12.0. The quantitative estimate of drug-likeness (QED) is 0.869. The van der Waals surface area contributed by atoms with E-state index in [2.05, 4.69) is 15.5 Å². The Morgan fingerprint density at radius 3 is 2.71 bits per heavy atom. The third kappa shape index (κ3) is 3.25. The van der Waals surface area contributed by atoms with Crippen molar-refractivity contribution in [3.8, 4) is 0 Å². The lowest BCUT2D eigenvalue weighted by atomic mass is 10.2. The van der Waals surface area contributed by atoms with Gasteiger partial charge in [-0.15, -0.1) is 5.10 Å². The molecule has 2 N–H and O–H groups in total. The van der Waals surface area contributed by atoms with Crippen molar-refractivity contribution in [3.63, 3.8) is 0 Å². The van der Waals surface area contributed by atoms with Gasteiger partial charge in [0.2, 0.25) is 0 Å². The van der Waals surface area contributed by atoms with Crippen LogP contribution in [-0.2, 0) is 13.0 Å². The third-order valence-corrected chi connectivity index (χ3v) is 2.71. The standard InChI is InChI=1S/C11H14ClN5/c12-10-5-3-9(4-6-10)8-17-11(2-1-7-13)14-15-16-17/h3-6H,1-2,7-8,13H2. The van der Waals surface area contributed by atoms with Crippen molar-refractivity contribution < 1.29 is 0 Å². The van der Waals surface area contributed by atoms with Gasteiger partial charge in [0.05, 0.1) is 6.54 Å². The summed E-state index contributed by atoms with van der Waals surface area (Å²) < 4.78 is 1.79. The molecule has 0 radical (unpaired) electrons. The molecule has 0 amide bonds. The largest absolute Gasteiger partial charge is 0.330 e. The second-order valence-corrected chi connectivity index (χ2v) is 4.21. The molecule has 1 aromatic carbocycles. The number of rotatable bonds is 5. The van der Waals surface area contributed by atoms with Crippen LogP contribution < -0.4 is 5.73 Å². The van der Waals surface area contributed by atoms with Gasteiger partial charge in [0.1, 0.15) is 0 Å². The molecule has 5 nitrogen and oxygen atoms in total. The first-order valence-corrected chi connectivity index (χ1v) is 5.87. The van der Waals surface area contributed by atoms with Crippen molar-refractivity contribution in [2.24, 2.45) is 5.73 Å². The predicted molar refractivity (Wildman–Crippen MR) is 65.7 cm³/mol. The number of nitrogens with zero attached hydrogens (tertiary/aromatic N) is 4. The van der Waals surface area contributed by atoms with E-state index in [0.717, 1.165) is 29.3 Å². The Bertz CT molecular complexity index is 465. The minimum absolute atomic E-state index is 0.647. The maximum atomic E-state index is 5.83. The van der Waals surface area contributed by atoms with Gasteiger partial charge in [-0.1, -0.05) is 23.7 Å². The molecule has 90 valence electrons. The number of benzene rings is 1. The average Bonchev–Trinajstić information content (AvgIpc) is 2.77. The highest BCUT2D eigenvalue weighted by Gasteiger charge is 2.05. The van der Waals surface area contributed by atoms with E-state index in [1.807, 2.05) is 24.3 Å². The molecule has 6 heteroatoms. The molecule has 0 aliphatic carbocycles. The molecule has 2 aromatic rings.